The number of rotatable bonds is 4. The first-order valence-electron chi connectivity index (χ1n) is 4.69. The normalized spacial score (nSPS) is 11.4. The Morgan fingerprint density at radius 2 is 1.79 bits per heavy atom. The summed E-state index contributed by atoms with van der Waals surface area (Å²) < 4.78 is 5.74. The number of carbonyl (C=O) groups excluding carboxylic acids is 1. The molecule has 0 aromatic heterocycles. The molecule has 3 heteroatoms. The minimum absolute atomic E-state index is 0.648. The lowest BCUT2D eigenvalue weighted by atomic mass is 10.2. The van der Waals surface area contributed by atoms with Gasteiger partial charge in [0.2, 0.25) is 0 Å². The van der Waals surface area contributed by atoms with E-state index in [0.29, 0.717) is 12.2 Å². The fraction of sp³-hybridized carbons (Fsp3) is 0.364. The molecule has 0 saturated heterocycles. The number of hydrogen-bond acceptors (Lipinski definition) is 2. The fourth-order valence-corrected chi connectivity index (χ4v) is 1.59. The fourth-order valence-electron chi connectivity index (χ4n) is 0.992. The summed E-state index contributed by atoms with van der Waals surface area (Å²) in [5.41, 5.74) is 1.83. The average molecular weight is 208 g/mol. The van der Waals surface area contributed by atoms with Crippen molar-refractivity contribution in [1.82, 2.24) is 0 Å². The van der Waals surface area contributed by atoms with E-state index in [1.54, 1.807) is 0 Å². The molecule has 0 N–H and O–H groups in total. The molecule has 1 aromatic carbocycles. The molecule has 14 heavy (non-hydrogen) atoms. The van der Waals surface area contributed by atoms with Crippen LogP contribution in [0.25, 0.3) is 0 Å². The van der Waals surface area contributed by atoms with Gasteiger partial charge in [-0.05, 0) is 25.2 Å². The van der Waals surface area contributed by atoms with Crippen molar-refractivity contribution in [3.8, 4) is 0 Å². The first kappa shape index (κ1) is 11.1. The van der Waals surface area contributed by atoms with Crippen LogP contribution in [-0.4, -0.2) is 14.6 Å². The molecule has 76 valence electrons. The molecule has 0 fully saturated rings. The lowest BCUT2D eigenvalue weighted by Crippen LogP contribution is -2.24. The summed E-state index contributed by atoms with van der Waals surface area (Å²) in [5.74, 6) is 0. The van der Waals surface area contributed by atoms with Crippen molar-refractivity contribution < 1.29 is 9.22 Å². The number of aldehydes is 1. The molecule has 0 spiro atoms. The molecular weight excluding hydrogens is 192 g/mol. The van der Waals surface area contributed by atoms with Crippen molar-refractivity contribution in [2.75, 3.05) is 0 Å². The SMILES string of the molecule is C[Si](C)(C)OCc1ccc(C=O)cc1. The summed E-state index contributed by atoms with van der Waals surface area (Å²) in [6, 6.07) is 7.50. The average Bonchev–Trinajstić information content (AvgIpc) is 2.14. The first-order chi connectivity index (χ1) is 6.51. The van der Waals surface area contributed by atoms with Crippen LogP contribution in [0.3, 0.4) is 0 Å². The van der Waals surface area contributed by atoms with Gasteiger partial charge in [-0.1, -0.05) is 24.3 Å². The van der Waals surface area contributed by atoms with Crippen molar-refractivity contribution in [3.63, 3.8) is 0 Å². The Labute approximate surface area is 86.0 Å². The van der Waals surface area contributed by atoms with Gasteiger partial charge >= 0.3 is 0 Å². The van der Waals surface area contributed by atoms with E-state index in [0.717, 1.165) is 11.8 Å². The molecule has 1 aromatic rings. The summed E-state index contributed by atoms with van der Waals surface area (Å²) in [6.07, 6.45) is 0.850. The summed E-state index contributed by atoms with van der Waals surface area (Å²) in [5, 5.41) is 0. The van der Waals surface area contributed by atoms with Crippen LogP contribution in [-0.2, 0) is 11.0 Å². The second kappa shape index (κ2) is 4.53. The molecule has 0 saturated carbocycles. The van der Waals surface area contributed by atoms with Gasteiger partial charge in [0, 0.05) is 5.56 Å². The van der Waals surface area contributed by atoms with Gasteiger partial charge in [0.25, 0.3) is 0 Å². The van der Waals surface area contributed by atoms with Gasteiger partial charge in [-0.15, -0.1) is 0 Å². The molecular formula is C11H16O2Si. The minimum Gasteiger partial charge on any atom is -0.413 e. The molecule has 0 aliphatic rings. The molecule has 0 atom stereocenters. The largest absolute Gasteiger partial charge is 0.413 e. The van der Waals surface area contributed by atoms with Gasteiger partial charge in [0.05, 0.1) is 6.61 Å². The van der Waals surface area contributed by atoms with Crippen molar-refractivity contribution in [2.45, 2.75) is 26.2 Å². The molecule has 2 nitrogen and oxygen atoms in total. The zero-order valence-corrected chi connectivity index (χ0v) is 9.91. The minimum atomic E-state index is -1.43. The van der Waals surface area contributed by atoms with Gasteiger partial charge in [-0.25, -0.2) is 0 Å². The lowest BCUT2D eigenvalue weighted by molar-refractivity contribution is 0.112. The van der Waals surface area contributed by atoms with Crippen LogP contribution >= 0.6 is 0 Å². The smallest absolute Gasteiger partial charge is 0.184 e. The predicted molar refractivity (Wildman–Crippen MR) is 60.0 cm³/mol. The zero-order valence-electron chi connectivity index (χ0n) is 8.91. The van der Waals surface area contributed by atoms with E-state index in [2.05, 4.69) is 19.6 Å². The summed E-state index contributed by atoms with van der Waals surface area (Å²) in [6.45, 7) is 7.13. The standard InChI is InChI=1S/C11H16O2Si/c1-14(2,3)13-9-11-6-4-10(8-12)5-7-11/h4-8H,9H2,1-3H3. The quantitative estimate of drug-likeness (QED) is 0.562. The molecule has 0 bridgehead atoms. The highest BCUT2D eigenvalue weighted by Crippen LogP contribution is 2.09. The van der Waals surface area contributed by atoms with E-state index in [4.69, 9.17) is 4.43 Å². The first-order valence-corrected chi connectivity index (χ1v) is 8.10. The predicted octanol–water partition coefficient (Wildman–Crippen LogP) is 2.85. The third-order valence-corrected chi connectivity index (χ3v) is 2.80. The van der Waals surface area contributed by atoms with E-state index >= 15 is 0 Å². The summed E-state index contributed by atoms with van der Waals surface area (Å²) >= 11 is 0. The van der Waals surface area contributed by atoms with Crippen LogP contribution in [0.2, 0.25) is 19.6 Å². The summed E-state index contributed by atoms with van der Waals surface area (Å²) in [7, 11) is -1.43. The third kappa shape index (κ3) is 3.85. The molecule has 0 amide bonds. The number of hydrogen-bond donors (Lipinski definition) is 0. The maximum atomic E-state index is 10.4. The van der Waals surface area contributed by atoms with E-state index in [9.17, 15) is 4.79 Å². The van der Waals surface area contributed by atoms with Crippen molar-refractivity contribution in [3.05, 3.63) is 35.4 Å². The van der Waals surface area contributed by atoms with Gasteiger partial charge in [-0.3, -0.25) is 4.79 Å². The van der Waals surface area contributed by atoms with Crippen LogP contribution in [0, 0.1) is 0 Å². The second-order valence-electron chi connectivity index (χ2n) is 4.26. The van der Waals surface area contributed by atoms with E-state index < -0.39 is 8.32 Å². The molecule has 0 aliphatic heterocycles. The Hall–Kier alpha value is -0.933. The number of carbonyl (C=O) groups is 1. The van der Waals surface area contributed by atoms with Crippen LogP contribution in [0.4, 0.5) is 0 Å². The molecule has 0 aliphatic carbocycles. The highest BCUT2D eigenvalue weighted by molar-refractivity contribution is 6.69. The monoisotopic (exact) mass is 208 g/mol. The highest BCUT2D eigenvalue weighted by Gasteiger charge is 2.13. The van der Waals surface area contributed by atoms with Crippen molar-refractivity contribution in [1.29, 1.82) is 0 Å². The van der Waals surface area contributed by atoms with Crippen LogP contribution in [0.15, 0.2) is 24.3 Å². The Morgan fingerprint density at radius 1 is 1.21 bits per heavy atom. The molecule has 0 heterocycles. The molecule has 1 rings (SSSR count). The van der Waals surface area contributed by atoms with E-state index in [1.807, 2.05) is 24.3 Å². The third-order valence-electron chi connectivity index (χ3n) is 1.79. The van der Waals surface area contributed by atoms with Gasteiger partial charge < -0.3 is 4.43 Å². The van der Waals surface area contributed by atoms with Gasteiger partial charge in [-0.2, -0.15) is 0 Å². The Bertz CT molecular complexity index is 298. The Morgan fingerprint density at radius 3 is 2.21 bits per heavy atom. The molecule has 0 unspecified atom stereocenters. The van der Waals surface area contributed by atoms with Gasteiger partial charge in [0.1, 0.15) is 6.29 Å². The maximum absolute atomic E-state index is 10.4. The van der Waals surface area contributed by atoms with Crippen molar-refractivity contribution in [2.24, 2.45) is 0 Å². The lowest BCUT2D eigenvalue weighted by Gasteiger charge is -2.16. The Kier molecular flexibility index (Phi) is 3.60. The van der Waals surface area contributed by atoms with E-state index in [1.165, 1.54) is 0 Å². The molecule has 0 radical (unpaired) electrons. The Balaban J connectivity index is 2.56. The zero-order chi connectivity index (χ0) is 10.6. The number of benzene rings is 1. The summed E-state index contributed by atoms with van der Waals surface area (Å²) in [4.78, 5) is 10.4. The van der Waals surface area contributed by atoms with Crippen LogP contribution in [0.5, 0.6) is 0 Å². The highest BCUT2D eigenvalue weighted by atomic mass is 28.4. The van der Waals surface area contributed by atoms with E-state index in [-0.39, 0.29) is 0 Å². The second-order valence-corrected chi connectivity index (χ2v) is 8.77. The maximum Gasteiger partial charge on any atom is 0.184 e. The van der Waals surface area contributed by atoms with Crippen LogP contribution in [0.1, 0.15) is 15.9 Å². The van der Waals surface area contributed by atoms with Gasteiger partial charge in [0.15, 0.2) is 8.32 Å². The van der Waals surface area contributed by atoms with Crippen LogP contribution < -0.4 is 0 Å². The topological polar surface area (TPSA) is 26.3 Å². The van der Waals surface area contributed by atoms with Crippen molar-refractivity contribution >= 4 is 14.6 Å².